The van der Waals surface area contributed by atoms with Crippen LogP contribution in [0.25, 0.3) is 10.9 Å². The van der Waals surface area contributed by atoms with Gasteiger partial charge in [-0.15, -0.1) is 0 Å². The molecule has 3 aromatic rings. The number of rotatable bonds is 4. The van der Waals surface area contributed by atoms with Crippen LogP contribution in [0.1, 0.15) is 0 Å². The minimum absolute atomic E-state index is 0.302. The average Bonchev–Trinajstić information content (AvgIpc) is 2.89. The van der Waals surface area contributed by atoms with Crippen molar-refractivity contribution in [1.82, 2.24) is 10.2 Å². The predicted octanol–water partition coefficient (Wildman–Crippen LogP) is 3.46. The summed E-state index contributed by atoms with van der Waals surface area (Å²) in [6.45, 7) is 0. The SMILES string of the molecule is COc1ccc(Nc2n[nH]c3cc(F)ccc23)cc1OC. The molecule has 0 atom stereocenters. The fraction of sp³-hybridized carbons (Fsp3) is 0.133. The molecule has 2 N–H and O–H groups in total. The summed E-state index contributed by atoms with van der Waals surface area (Å²) in [5, 5.41) is 10.9. The summed E-state index contributed by atoms with van der Waals surface area (Å²) in [6, 6.07) is 9.95. The van der Waals surface area contributed by atoms with Crippen molar-refractivity contribution in [1.29, 1.82) is 0 Å². The van der Waals surface area contributed by atoms with Crippen LogP contribution < -0.4 is 14.8 Å². The second-order valence-electron chi connectivity index (χ2n) is 4.46. The Bertz CT molecular complexity index is 786. The van der Waals surface area contributed by atoms with Gasteiger partial charge in [-0.2, -0.15) is 5.10 Å². The number of aromatic amines is 1. The Morgan fingerprint density at radius 1 is 1.05 bits per heavy atom. The van der Waals surface area contributed by atoms with Crippen molar-refractivity contribution in [3.05, 3.63) is 42.2 Å². The predicted molar refractivity (Wildman–Crippen MR) is 78.9 cm³/mol. The lowest BCUT2D eigenvalue weighted by molar-refractivity contribution is 0.355. The summed E-state index contributed by atoms with van der Waals surface area (Å²) in [4.78, 5) is 0. The van der Waals surface area contributed by atoms with Crippen LogP contribution in [-0.2, 0) is 0 Å². The monoisotopic (exact) mass is 287 g/mol. The molecule has 0 bridgehead atoms. The quantitative estimate of drug-likeness (QED) is 0.771. The lowest BCUT2D eigenvalue weighted by Gasteiger charge is -2.10. The minimum atomic E-state index is -0.302. The van der Waals surface area contributed by atoms with Gasteiger partial charge in [0.2, 0.25) is 0 Å². The number of anilines is 2. The van der Waals surface area contributed by atoms with Gasteiger partial charge in [-0.1, -0.05) is 0 Å². The van der Waals surface area contributed by atoms with Crippen molar-refractivity contribution in [2.24, 2.45) is 0 Å². The number of ether oxygens (including phenoxy) is 2. The molecule has 0 unspecified atom stereocenters. The molecule has 5 nitrogen and oxygen atoms in total. The molecule has 0 aliphatic carbocycles. The molecule has 1 aromatic heterocycles. The highest BCUT2D eigenvalue weighted by molar-refractivity contribution is 5.91. The van der Waals surface area contributed by atoms with Crippen LogP contribution >= 0.6 is 0 Å². The third-order valence-electron chi connectivity index (χ3n) is 3.17. The fourth-order valence-electron chi connectivity index (χ4n) is 2.14. The van der Waals surface area contributed by atoms with E-state index >= 15 is 0 Å². The van der Waals surface area contributed by atoms with Gasteiger partial charge in [-0.3, -0.25) is 5.10 Å². The van der Waals surface area contributed by atoms with E-state index in [9.17, 15) is 4.39 Å². The molecule has 0 aliphatic rings. The highest BCUT2D eigenvalue weighted by Crippen LogP contribution is 2.32. The number of nitrogens with zero attached hydrogens (tertiary/aromatic N) is 1. The molecule has 3 rings (SSSR count). The Morgan fingerprint density at radius 2 is 1.86 bits per heavy atom. The number of nitrogens with one attached hydrogen (secondary N) is 2. The zero-order valence-electron chi connectivity index (χ0n) is 11.6. The summed E-state index contributed by atoms with van der Waals surface area (Å²) in [6.07, 6.45) is 0. The Morgan fingerprint density at radius 3 is 2.62 bits per heavy atom. The van der Waals surface area contributed by atoms with Gasteiger partial charge >= 0.3 is 0 Å². The summed E-state index contributed by atoms with van der Waals surface area (Å²) in [5.74, 6) is 1.59. The van der Waals surface area contributed by atoms with Gasteiger partial charge in [0.1, 0.15) is 5.82 Å². The molecule has 0 fully saturated rings. The molecule has 0 amide bonds. The topological polar surface area (TPSA) is 59.2 Å². The molecule has 108 valence electrons. The molecule has 0 saturated carbocycles. The number of hydrogen-bond acceptors (Lipinski definition) is 4. The number of halogens is 1. The van der Waals surface area contributed by atoms with Gasteiger partial charge in [0.25, 0.3) is 0 Å². The summed E-state index contributed by atoms with van der Waals surface area (Å²) < 4.78 is 23.6. The number of benzene rings is 2. The van der Waals surface area contributed by atoms with Gasteiger partial charge in [0, 0.05) is 17.1 Å². The second-order valence-corrected chi connectivity index (χ2v) is 4.46. The molecule has 2 aromatic carbocycles. The summed E-state index contributed by atoms with van der Waals surface area (Å²) in [7, 11) is 3.16. The van der Waals surface area contributed by atoms with Gasteiger partial charge in [-0.25, -0.2) is 4.39 Å². The van der Waals surface area contributed by atoms with E-state index in [0.717, 1.165) is 11.1 Å². The van der Waals surface area contributed by atoms with Crippen molar-refractivity contribution in [2.75, 3.05) is 19.5 Å². The molecule has 1 heterocycles. The molecule has 0 radical (unpaired) electrons. The number of methoxy groups -OCH3 is 2. The fourth-order valence-corrected chi connectivity index (χ4v) is 2.14. The van der Waals surface area contributed by atoms with Crippen LogP contribution in [0.3, 0.4) is 0 Å². The molecular formula is C15H14FN3O2. The van der Waals surface area contributed by atoms with Gasteiger partial charge < -0.3 is 14.8 Å². The molecule has 0 aliphatic heterocycles. The van der Waals surface area contributed by atoms with E-state index in [1.807, 2.05) is 12.1 Å². The number of aromatic nitrogens is 2. The van der Waals surface area contributed by atoms with Crippen LogP contribution in [0, 0.1) is 5.82 Å². The lowest BCUT2D eigenvalue weighted by Crippen LogP contribution is -1.94. The molecule has 21 heavy (non-hydrogen) atoms. The van der Waals surface area contributed by atoms with Gasteiger partial charge in [0.05, 0.1) is 19.7 Å². The Labute approximate surface area is 120 Å². The minimum Gasteiger partial charge on any atom is -0.493 e. The maximum atomic E-state index is 13.2. The van der Waals surface area contributed by atoms with Crippen molar-refractivity contribution < 1.29 is 13.9 Å². The number of fused-ring (bicyclic) bond motifs is 1. The van der Waals surface area contributed by atoms with E-state index in [4.69, 9.17) is 9.47 Å². The molecule has 0 spiro atoms. The highest BCUT2D eigenvalue weighted by Gasteiger charge is 2.09. The maximum absolute atomic E-state index is 13.2. The highest BCUT2D eigenvalue weighted by atomic mass is 19.1. The van der Waals surface area contributed by atoms with Crippen LogP contribution in [0.2, 0.25) is 0 Å². The van der Waals surface area contributed by atoms with Crippen molar-refractivity contribution in [3.63, 3.8) is 0 Å². The van der Waals surface area contributed by atoms with Crippen molar-refractivity contribution in [3.8, 4) is 11.5 Å². The zero-order chi connectivity index (χ0) is 14.8. The van der Waals surface area contributed by atoms with Crippen LogP contribution in [0.4, 0.5) is 15.9 Å². The number of H-pyrrole nitrogens is 1. The van der Waals surface area contributed by atoms with Crippen molar-refractivity contribution >= 4 is 22.4 Å². The third-order valence-corrected chi connectivity index (χ3v) is 3.17. The average molecular weight is 287 g/mol. The smallest absolute Gasteiger partial charge is 0.162 e. The largest absolute Gasteiger partial charge is 0.493 e. The van der Waals surface area contributed by atoms with E-state index in [0.29, 0.717) is 22.8 Å². The Balaban J connectivity index is 1.95. The van der Waals surface area contributed by atoms with E-state index in [1.165, 1.54) is 12.1 Å². The molecule has 0 saturated heterocycles. The zero-order valence-corrected chi connectivity index (χ0v) is 11.6. The summed E-state index contributed by atoms with van der Waals surface area (Å²) in [5.41, 5.74) is 1.43. The van der Waals surface area contributed by atoms with Crippen molar-refractivity contribution in [2.45, 2.75) is 0 Å². The van der Waals surface area contributed by atoms with Crippen LogP contribution in [0.15, 0.2) is 36.4 Å². The number of hydrogen-bond donors (Lipinski definition) is 2. The van der Waals surface area contributed by atoms with Gasteiger partial charge in [0.15, 0.2) is 17.3 Å². The standard InChI is InChI=1S/C15H14FN3O2/c1-20-13-6-4-10(8-14(13)21-2)17-15-11-5-3-9(16)7-12(11)18-19-15/h3-8H,1-2H3,(H2,17,18,19). The molecular weight excluding hydrogens is 273 g/mol. The van der Waals surface area contributed by atoms with E-state index in [2.05, 4.69) is 15.5 Å². The Kier molecular flexibility index (Phi) is 3.35. The third kappa shape index (κ3) is 2.47. The van der Waals surface area contributed by atoms with E-state index in [-0.39, 0.29) is 5.82 Å². The second kappa shape index (κ2) is 5.32. The first-order valence-corrected chi connectivity index (χ1v) is 6.34. The first-order valence-electron chi connectivity index (χ1n) is 6.34. The van der Waals surface area contributed by atoms with E-state index in [1.54, 1.807) is 26.4 Å². The first-order chi connectivity index (χ1) is 10.2. The lowest BCUT2D eigenvalue weighted by atomic mass is 10.2. The molecule has 6 heteroatoms. The van der Waals surface area contributed by atoms with Gasteiger partial charge in [-0.05, 0) is 30.3 Å². The normalized spacial score (nSPS) is 10.6. The Hall–Kier alpha value is -2.76. The van der Waals surface area contributed by atoms with E-state index < -0.39 is 0 Å². The summed E-state index contributed by atoms with van der Waals surface area (Å²) >= 11 is 0. The maximum Gasteiger partial charge on any atom is 0.162 e. The van der Waals surface area contributed by atoms with Crippen LogP contribution in [0.5, 0.6) is 11.5 Å². The van der Waals surface area contributed by atoms with Crippen LogP contribution in [-0.4, -0.2) is 24.4 Å². The first kappa shape index (κ1) is 13.2.